The molecule has 0 fully saturated rings. The third kappa shape index (κ3) is 4.12. The van der Waals surface area contributed by atoms with Gasteiger partial charge in [-0.1, -0.05) is 12.1 Å². The molecule has 4 nitrogen and oxygen atoms in total. The minimum absolute atomic E-state index is 0.0779. The van der Waals surface area contributed by atoms with Crippen LogP contribution in [0.5, 0.6) is 0 Å². The molecule has 0 aliphatic carbocycles. The van der Waals surface area contributed by atoms with E-state index in [9.17, 15) is 4.79 Å². The first-order valence-electron chi connectivity index (χ1n) is 7.28. The highest BCUT2D eigenvalue weighted by Gasteiger charge is 2.04. The summed E-state index contributed by atoms with van der Waals surface area (Å²) in [6, 6.07) is 12.4. The van der Waals surface area contributed by atoms with E-state index in [0.29, 0.717) is 6.54 Å². The van der Waals surface area contributed by atoms with E-state index in [1.807, 2.05) is 19.2 Å². The molecule has 1 amide bonds. The monoisotopic (exact) mass is 285 g/mol. The van der Waals surface area contributed by atoms with Crippen LogP contribution in [0.2, 0.25) is 0 Å². The minimum Gasteiger partial charge on any atom is -0.379 e. The summed E-state index contributed by atoms with van der Waals surface area (Å²) in [7, 11) is 1.82. The Morgan fingerprint density at radius 2 is 2.10 bits per heavy atom. The summed E-state index contributed by atoms with van der Waals surface area (Å²) in [6.07, 6.45) is 2.09. The molecule has 0 unspecified atom stereocenters. The Morgan fingerprint density at radius 1 is 1.29 bits per heavy atom. The number of hydrogen-bond donors (Lipinski definition) is 1. The highest BCUT2D eigenvalue weighted by molar-refractivity contribution is 5.72. The molecule has 0 atom stereocenters. The fourth-order valence-electron chi connectivity index (χ4n) is 2.28. The third-order valence-corrected chi connectivity index (χ3v) is 3.62. The second kappa shape index (κ2) is 6.97. The maximum absolute atomic E-state index is 11.3. The number of rotatable bonds is 6. The highest BCUT2D eigenvalue weighted by atomic mass is 16.2. The van der Waals surface area contributed by atoms with Crippen LogP contribution in [0.15, 0.2) is 42.6 Å². The van der Waals surface area contributed by atoms with E-state index in [0.717, 1.165) is 24.3 Å². The molecule has 0 radical (unpaired) electrons. The molecule has 1 aromatic carbocycles. The van der Waals surface area contributed by atoms with Crippen LogP contribution in [0.3, 0.4) is 0 Å². The van der Waals surface area contributed by atoms with E-state index >= 15 is 0 Å². The summed E-state index contributed by atoms with van der Waals surface area (Å²) in [5.74, 6) is 0.0779. The lowest BCUT2D eigenvalue weighted by molar-refractivity contribution is -0.128. The summed E-state index contributed by atoms with van der Waals surface area (Å²) in [5, 5.41) is 3.44. The number of aryl methyl sites for hydroxylation is 1. The molecule has 0 saturated carbocycles. The molecule has 0 aliphatic heterocycles. The van der Waals surface area contributed by atoms with Gasteiger partial charge in [-0.3, -0.25) is 4.79 Å². The van der Waals surface area contributed by atoms with Crippen molar-refractivity contribution in [1.29, 1.82) is 0 Å². The number of carbonyl (C=O) groups is 1. The number of aromatic nitrogens is 1. The van der Waals surface area contributed by atoms with Gasteiger partial charge in [-0.15, -0.1) is 0 Å². The zero-order chi connectivity index (χ0) is 15.2. The van der Waals surface area contributed by atoms with E-state index in [-0.39, 0.29) is 5.91 Å². The van der Waals surface area contributed by atoms with Crippen molar-refractivity contribution in [3.8, 4) is 0 Å². The van der Waals surface area contributed by atoms with Gasteiger partial charge in [0.05, 0.1) is 6.54 Å². The quantitative estimate of drug-likeness (QED) is 0.885. The van der Waals surface area contributed by atoms with Gasteiger partial charge in [-0.05, 0) is 36.8 Å². The molecule has 2 aromatic rings. The van der Waals surface area contributed by atoms with Gasteiger partial charge in [0.25, 0.3) is 0 Å². The third-order valence-electron chi connectivity index (χ3n) is 3.62. The lowest BCUT2D eigenvalue weighted by Crippen LogP contribution is -2.23. The lowest BCUT2D eigenvalue weighted by Gasteiger charge is -2.16. The molecule has 112 valence electrons. The second-order valence-corrected chi connectivity index (χ2v) is 5.21. The Bertz CT molecular complexity index is 604. The first kappa shape index (κ1) is 15.2. The van der Waals surface area contributed by atoms with Gasteiger partial charge >= 0.3 is 0 Å². The van der Waals surface area contributed by atoms with Crippen molar-refractivity contribution in [1.82, 2.24) is 9.47 Å². The molecule has 1 N–H and O–H groups in total. The molecular formula is C17H23N3O. The number of benzene rings is 1. The normalized spacial score (nSPS) is 10.4. The highest BCUT2D eigenvalue weighted by Crippen LogP contribution is 2.14. The minimum atomic E-state index is 0.0779. The first-order valence-corrected chi connectivity index (χ1v) is 7.28. The van der Waals surface area contributed by atoms with Crippen LogP contribution in [-0.2, 0) is 24.4 Å². The Balaban J connectivity index is 1.99. The summed E-state index contributed by atoms with van der Waals surface area (Å²) < 4.78 is 2.22. The molecule has 0 spiro atoms. The average Bonchev–Trinajstić information content (AvgIpc) is 2.93. The predicted molar refractivity (Wildman–Crippen MR) is 86.0 cm³/mol. The standard InChI is InChI=1S/C17H23N3O/c1-4-20-10-6-9-17(20)12-18-16-8-5-7-15(11-16)13-19(3)14(2)21/h5-11,18H,4,12-13H2,1-3H3. The summed E-state index contributed by atoms with van der Waals surface area (Å²) in [4.78, 5) is 13.0. The van der Waals surface area contributed by atoms with Crippen molar-refractivity contribution in [3.63, 3.8) is 0 Å². The Kier molecular flexibility index (Phi) is 5.04. The van der Waals surface area contributed by atoms with Crippen LogP contribution < -0.4 is 5.32 Å². The molecule has 0 bridgehead atoms. The van der Waals surface area contributed by atoms with E-state index in [4.69, 9.17) is 0 Å². The predicted octanol–water partition coefficient (Wildman–Crippen LogP) is 3.10. The van der Waals surface area contributed by atoms with Crippen LogP contribution >= 0.6 is 0 Å². The summed E-state index contributed by atoms with van der Waals surface area (Å²) >= 11 is 0. The molecule has 4 heteroatoms. The van der Waals surface area contributed by atoms with Crippen LogP contribution in [0, 0.1) is 0 Å². The van der Waals surface area contributed by atoms with Gasteiger partial charge in [0.1, 0.15) is 0 Å². The van der Waals surface area contributed by atoms with Crippen molar-refractivity contribution >= 4 is 11.6 Å². The second-order valence-electron chi connectivity index (χ2n) is 5.21. The fraction of sp³-hybridized carbons (Fsp3) is 0.353. The fourth-order valence-corrected chi connectivity index (χ4v) is 2.28. The number of amides is 1. The average molecular weight is 285 g/mol. The van der Waals surface area contributed by atoms with Gasteiger partial charge < -0.3 is 14.8 Å². The van der Waals surface area contributed by atoms with Crippen molar-refractivity contribution in [2.75, 3.05) is 12.4 Å². The Morgan fingerprint density at radius 3 is 2.81 bits per heavy atom. The van der Waals surface area contributed by atoms with E-state index < -0.39 is 0 Å². The lowest BCUT2D eigenvalue weighted by atomic mass is 10.2. The number of anilines is 1. The molecule has 1 heterocycles. The van der Waals surface area contributed by atoms with Gasteiger partial charge in [0, 0.05) is 44.6 Å². The Hall–Kier alpha value is -2.23. The number of nitrogens with one attached hydrogen (secondary N) is 1. The van der Waals surface area contributed by atoms with E-state index in [1.165, 1.54) is 5.69 Å². The topological polar surface area (TPSA) is 37.3 Å². The zero-order valence-electron chi connectivity index (χ0n) is 13.0. The number of nitrogens with zero attached hydrogens (tertiary/aromatic N) is 2. The zero-order valence-corrected chi connectivity index (χ0v) is 13.0. The van der Waals surface area contributed by atoms with Crippen LogP contribution in [-0.4, -0.2) is 22.4 Å². The van der Waals surface area contributed by atoms with Crippen molar-refractivity contribution in [2.24, 2.45) is 0 Å². The molecular weight excluding hydrogens is 262 g/mol. The largest absolute Gasteiger partial charge is 0.379 e. The van der Waals surface area contributed by atoms with Gasteiger partial charge in [-0.25, -0.2) is 0 Å². The van der Waals surface area contributed by atoms with Crippen molar-refractivity contribution < 1.29 is 4.79 Å². The first-order chi connectivity index (χ1) is 10.1. The summed E-state index contributed by atoms with van der Waals surface area (Å²) in [5.41, 5.74) is 3.47. The molecule has 2 rings (SSSR count). The maximum Gasteiger partial charge on any atom is 0.219 e. The molecule has 21 heavy (non-hydrogen) atoms. The van der Waals surface area contributed by atoms with Gasteiger partial charge in [0.2, 0.25) is 5.91 Å². The van der Waals surface area contributed by atoms with Crippen molar-refractivity contribution in [3.05, 3.63) is 53.9 Å². The van der Waals surface area contributed by atoms with Gasteiger partial charge in [-0.2, -0.15) is 0 Å². The van der Waals surface area contributed by atoms with Crippen LogP contribution in [0.1, 0.15) is 25.1 Å². The smallest absolute Gasteiger partial charge is 0.219 e. The van der Waals surface area contributed by atoms with Crippen LogP contribution in [0.4, 0.5) is 5.69 Å². The van der Waals surface area contributed by atoms with E-state index in [1.54, 1.807) is 11.8 Å². The molecule has 0 aliphatic rings. The van der Waals surface area contributed by atoms with E-state index in [2.05, 4.69) is 47.3 Å². The molecule has 0 saturated heterocycles. The summed E-state index contributed by atoms with van der Waals surface area (Å²) in [6.45, 7) is 6.14. The maximum atomic E-state index is 11.3. The molecule has 1 aromatic heterocycles. The number of hydrogen-bond acceptors (Lipinski definition) is 2. The number of carbonyl (C=O) groups excluding carboxylic acids is 1. The Labute approximate surface area is 126 Å². The van der Waals surface area contributed by atoms with Crippen molar-refractivity contribution in [2.45, 2.75) is 33.5 Å². The van der Waals surface area contributed by atoms with Crippen LogP contribution in [0.25, 0.3) is 0 Å². The van der Waals surface area contributed by atoms with Gasteiger partial charge in [0.15, 0.2) is 0 Å². The SMILES string of the molecule is CCn1cccc1CNc1cccc(CN(C)C(C)=O)c1.